The van der Waals surface area contributed by atoms with Gasteiger partial charge in [0.05, 0.1) is 12.5 Å². The maximum atomic E-state index is 11.8. The number of carbonyl (C=O) groups is 2. The Kier molecular flexibility index (Phi) is 2.31. The van der Waals surface area contributed by atoms with Crippen molar-refractivity contribution >= 4 is 11.8 Å². The van der Waals surface area contributed by atoms with E-state index in [4.69, 9.17) is 0 Å². The molecule has 0 spiro atoms. The summed E-state index contributed by atoms with van der Waals surface area (Å²) < 4.78 is 0. The van der Waals surface area contributed by atoms with E-state index in [2.05, 4.69) is 5.32 Å². The van der Waals surface area contributed by atoms with Crippen LogP contribution in [0, 0.1) is 0 Å². The Balaban J connectivity index is 2.03. The van der Waals surface area contributed by atoms with Gasteiger partial charge in [-0.1, -0.05) is 13.8 Å². The first kappa shape index (κ1) is 9.65. The maximum absolute atomic E-state index is 11.8. The van der Waals surface area contributed by atoms with Crippen LogP contribution in [0.4, 0.5) is 0 Å². The van der Waals surface area contributed by atoms with E-state index in [-0.39, 0.29) is 29.9 Å². The molecule has 1 aliphatic carbocycles. The Morgan fingerprint density at radius 3 is 2.50 bits per heavy atom. The number of likely N-dealkylation sites (tertiary alicyclic amines) is 1. The monoisotopic (exact) mass is 196 g/mol. The Bertz CT molecular complexity index is 271. The van der Waals surface area contributed by atoms with Gasteiger partial charge in [-0.15, -0.1) is 0 Å². The topological polar surface area (TPSA) is 49.4 Å². The van der Waals surface area contributed by atoms with Gasteiger partial charge in [0.2, 0.25) is 11.8 Å². The van der Waals surface area contributed by atoms with Crippen LogP contribution in [0.15, 0.2) is 0 Å². The third-order valence-corrected chi connectivity index (χ3v) is 2.63. The molecule has 2 rings (SSSR count). The van der Waals surface area contributed by atoms with E-state index < -0.39 is 0 Å². The van der Waals surface area contributed by atoms with Crippen LogP contribution in [0.25, 0.3) is 0 Å². The molecule has 4 heteroatoms. The zero-order chi connectivity index (χ0) is 10.3. The highest BCUT2D eigenvalue weighted by atomic mass is 16.2. The molecule has 2 amide bonds. The average Bonchev–Trinajstić information content (AvgIpc) is 2.82. The lowest BCUT2D eigenvalue weighted by molar-refractivity contribution is -0.139. The fourth-order valence-corrected chi connectivity index (χ4v) is 1.90. The molecule has 2 aliphatic rings. The maximum Gasteiger partial charge on any atom is 0.247 e. The molecule has 0 aromatic heterocycles. The standard InChI is InChI=1S/C10H16N2O2/c1-6(2)11-8-5-9(13)12(10(8)14)7-3-4-7/h6-8,11H,3-5H2,1-2H3. The van der Waals surface area contributed by atoms with E-state index in [1.54, 1.807) is 0 Å². The van der Waals surface area contributed by atoms with E-state index in [0.29, 0.717) is 6.42 Å². The SMILES string of the molecule is CC(C)NC1CC(=O)N(C2CC2)C1=O. The minimum Gasteiger partial charge on any atom is -0.303 e. The number of nitrogens with zero attached hydrogens (tertiary/aromatic N) is 1. The van der Waals surface area contributed by atoms with Crippen molar-refractivity contribution in [1.82, 2.24) is 10.2 Å². The summed E-state index contributed by atoms with van der Waals surface area (Å²) in [5.41, 5.74) is 0. The molecule has 1 saturated carbocycles. The van der Waals surface area contributed by atoms with Crippen molar-refractivity contribution in [3.8, 4) is 0 Å². The fraction of sp³-hybridized carbons (Fsp3) is 0.800. The van der Waals surface area contributed by atoms with Crippen LogP contribution in [-0.2, 0) is 9.59 Å². The fourth-order valence-electron chi connectivity index (χ4n) is 1.90. The van der Waals surface area contributed by atoms with Crippen LogP contribution in [0.5, 0.6) is 0 Å². The quantitative estimate of drug-likeness (QED) is 0.659. The van der Waals surface area contributed by atoms with Gasteiger partial charge in [0.25, 0.3) is 0 Å². The number of hydrogen-bond acceptors (Lipinski definition) is 3. The van der Waals surface area contributed by atoms with Crippen molar-refractivity contribution in [2.24, 2.45) is 0 Å². The summed E-state index contributed by atoms with van der Waals surface area (Å²) in [6, 6.07) is 0.188. The third kappa shape index (κ3) is 1.66. The first-order valence-electron chi connectivity index (χ1n) is 5.21. The summed E-state index contributed by atoms with van der Waals surface area (Å²) in [4.78, 5) is 24.8. The molecule has 1 N–H and O–H groups in total. The zero-order valence-electron chi connectivity index (χ0n) is 8.62. The summed E-state index contributed by atoms with van der Waals surface area (Å²) >= 11 is 0. The van der Waals surface area contributed by atoms with Gasteiger partial charge in [0, 0.05) is 12.1 Å². The van der Waals surface area contributed by atoms with E-state index in [1.807, 2.05) is 13.8 Å². The van der Waals surface area contributed by atoms with Crippen molar-refractivity contribution in [3.05, 3.63) is 0 Å². The molecular formula is C10H16N2O2. The minimum atomic E-state index is -0.275. The zero-order valence-corrected chi connectivity index (χ0v) is 8.62. The summed E-state index contributed by atoms with van der Waals surface area (Å²) in [7, 11) is 0. The van der Waals surface area contributed by atoms with Crippen LogP contribution in [-0.4, -0.2) is 34.8 Å². The molecule has 4 nitrogen and oxygen atoms in total. The summed E-state index contributed by atoms with van der Waals surface area (Å²) in [5.74, 6) is -0.0261. The van der Waals surface area contributed by atoms with Crippen molar-refractivity contribution < 1.29 is 9.59 Å². The molecule has 0 bridgehead atoms. The second kappa shape index (κ2) is 3.35. The van der Waals surface area contributed by atoms with Crippen molar-refractivity contribution in [3.63, 3.8) is 0 Å². The molecular weight excluding hydrogens is 180 g/mol. The Morgan fingerprint density at radius 1 is 1.36 bits per heavy atom. The first-order valence-corrected chi connectivity index (χ1v) is 5.21. The molecule has 0 radical (unpaired) electrons. The van der Waals surface area contributed by atoms with Gasteiger partial charge in [0.1, 0.15) is 0 Å². The van der Waals surface area contributed by atoms with E-state index >= 15 is 0 Å². The predicted octanol–water partition coefficient (Wildman–Crippen LogP) is 0.274. The van der Waals surface area contributed by atoms with E-state index in [1.165, 1.54) is 4.90 Å². The number of amides is 2. The Morgan fingerprint density at radius 2 is 2.00 bits per heavy atom. The average molecular weight is 196 g/mol. The highest BCUT2D eigenvalue weighted by Gasteiger charge is 2.45. The molecule has 14 heavy (non-hydrogen) atoms. The molecule has 1 atom stereocenters. The number of hydrogen-bond donors (Lipinski definition) is 1. The highest BCUT2D eigenvalue weighted by molar-refractivity contribution is 6.06. The van der Waals surface area contributed by atoms with Crippen LogP contribution < -0.4 is 5.32 Å². The summed E-state index contributed by atoms with van der Waals surface area (Å²) in [6.45, 7) is 3.97. The second-order valence-corrected chi connectivity index (χ2v) is 4.41. The van der Waals surface area contributed by atoms with Gasteiger partial charge in [-0.3, -0.25) is 14.5 Å². The number of nitrogens with one attached hydrogen (secondary N) is 1. The van der Waals surface area contributed by atoms with E-state index in [9.17, 15) is 9.59 Å². The molecule has 1 aliphatic heterocycles. The third-order valence-electron chi connectivity index (χ3n) is 2.63. The van der Waals surface area contributed by atoms with Crippen LogP contribution >= 0.6 is 0 Å². The molecule has 1 heterocycles. The van der Waals surface area contributed by atoms with Crippen molar-refractivity contribution in [1.29, 1.82) is 0 Å². The van der Waals surface area contributed by atoms with Gasteiger partial charge in [-0.25, -0.2) is 0 Å². The number of rotatable bonds is 3. The lowest BCUT2D eigenvalue weighted by Crippen LogP contribution is -2.42. The smallest absolute Gasteiger partial charge is 0.247 e. The lowest BCUT2D eigenvalue weighted by atomic mass is 10.2. The highest BCUT2D eigenvalue weighted by Crippen LogP contribution is 2.31. The van der Waals surface area contributed by atoms with Gasteiger partial charge in [0.15, 0.2) is 0 Å². The minimum absolute atomic E-state index is 0.00403. The second-order valence-electron chi connectivity index (χ2n) is 4.41. The molecule has 1 unspecified atom stereocenters. The van der Waals surface area contributed by atoms with Gasteiger partial charge in [-0.2, -0.15) is 0 Å². The van der Waals surface area contributed by atoms with Crippen LogP contribution in [0.2, 0.25) is 0 Å². The van der Waals surface area contributed by atoms with E-state index in [0.717, 1.165) is 12.8 Å². The predicted molar refractivity (Wildman–Crippen MR) is 51.6 cm³/mol. The van der Waals surface area contributed by atoms with Crippen LogP contribution in [0.1, 0.15) is 33.1 Å². The van der Waals surface area contributed by atoms with Gasteiger partial charge in [-0.05, 0) is 12.8 Å². The number of carbonyl (C=O) groups excluding carboxylic acids is 2. The van der Waals surface area contributed by atoms with Crippen molar-refractivity contribution in [2.45, 2.75) is 51.2 Å². The largest absolute Gasteiger partial charge is 0.303 e. The lowest BCUT2D eigenvalue weighted by Gasteiger charge is -2.15. The van der Waals surface area contributed by atoms with Gasteiger partial charge >= 0.3 is 0 Å². The molecule has 0 aromatic rings. The molecule has 2 fully saturated rings. The van der Waals surface area contributed by atoms with Crippen LogP contribution in [0.3, 0.4) is 0 Å². The summed E-state index contributed by atoms with van der Waals surface area (Å²) in [5, 5.41) is 3.12. The summed E-state index contributed by atoms with van der Waals surface area (Å²) in [6.07, 6.45) is 2.32. The number of imide groups is 1. The molecule has 0 aromatic carbocycles. The molecule has 78 valence electrons. The molecule has 1 saturated heterocycles. The Labute approximate surface area is 83.6 Å². The Hall–Kier alpha value is -0.900. The first-order chi connectivity index (χ1) is 6.59. The van der Waals surface area contributed by atoms with Gasteiger partial charge < -0.3 is 5.32 Å². The normalized spacial score (nSPS) is 27.9. The van der Waals surface area contributed by atoms with Crippen molar-refractivity contribution in [2.75, 3.05) is 0 Å².